The van der Waals surface area contributed by atoms with Crippen LogP contribution in [0.3, 0.4) is 0 Å². The molecule has 1 aliphatic carbocycles. The van der Waals surface area contributed by atoms with E-state index in [1.54, 1.807) is 18.5 Å². The summed E-state index contributed by atoms with van der Waals surface area (Å²) >= 11 is 0. The van der Waals surface area contributed by atoms with Gasteiger partial charge in [-0.3, -0.25) is 9.48 Å². The molecule has 2 heterocycles. The van der Waals surface area contributed by atoms with Gasteiger partial charge in [-0.05, 0) is 31.2 Å². The summed E-state index contributed by atoms with van der Waals surface area (Å²) < 4.78 is 7.82. The third-order valence-corrected chi connectivity index (χ3v) is 4.13. The summed E-state index contributed by atoms with van der Waals surface area (Å²) in [5.41, 5.74) is 0.172. The molecule has 1 N–H and O–H groups in total. The van der Waals surface area contributed by atoms with Crippen LogP contribution in [-0.4, -0.2) is 38.5 Å². The second-order valence-corrected chi connectivity index (χ2v) is 5.99. The predicted molar refractivity (Wildman–Crippen MR) is 90.9 cm³/mol. The summed E-state index contributed by atoms with van der Waals surface area (Å²) in [4.78, 5) is 23.6. The van der Waals surface area contributed by atoms with Crippen molar-refractivity contribution >= 4 is 17.7 Å². The summed E-state index contributed by atoms with van der Waals surface area (Å²) in [7, 11) is 1.29. The molecule has 8 nitrogen and oxygen atoms in total. The number of esters is 1. The van der Waals surface area contributed by atoms with Crippen LogP contribution >= 0.6 is 0 Å². The zero-order valence-electron chi connectivity index (χ0n) is 14.1. The molecule has 3 rings (SSSR count). The van der Waals surface area contributed by atoms with Crippen LogP contribution in [0.1, 0.15) is 29.8 Å². The zero-order valence-corrected chi connectivity index (χ0v) is 14.1. The summed E-state index contributed by atoms with van der Waals surface area (Å²) in [6.45, 7) is 0.787. The first-order valence-electron chi connectivity index (χ1n) is 8.24. The lowest BCUT2D eigenvalue weighted by Gasteiger charge is -2.19. The largest absolute Gasteiger partial charge is 0.464 e. The molecule has 0 saturated heterocycles. The number of hydrogen-bond donors (Lipinski definition) is 1. The highest BCUT2D eigenvalue weighted by Crippen LogP contribution is 2.21. The fourth-order valence-corrected chi connectivity index (χ4v) is 2.84. The normalized spacial score (nSPS) is 16.6. The van der Waals surface area contributed by atoms with Gasteiger partial charge in [-0.15, -0.1) is 0 Å². The first kappa shape index (κ1) is 16.9. The van der Waals surface area contributed by atoms with Crippen molar-refractivity contribution in [1.29, 1.82) is 0 Å². The summed E-state index contributed by atoms with van der Waals surface area (Å²) in [6, 6.07) is 3.29. The Morgan fingerprint density at radius 3 is 3.00 bits per heavy atom. The van der Waals surface area contributed by atoms with Gasteiger partial charge in [-0.1, -0.05) is 12.2 Å². The second-order valence-electron chi connectivity index (χ2n) is 5.99. The van der Waals surface area contributed by atoms with Crippen LogP contribution in [-0.2, 0) is 22.6 Å². The van der Waals surface area contributed by atoms with E-state index in [4.69, 9.17) is 0 Å². The average Bonchev–Trinajstić information content (AvgIpc) is 3.25. The number of aromatic nitrogens is 4. The number of methoxy groups -OCH3 is 1. The van der Waals surface area contributed by atoms with Crippen molar-refractivity contribution in [3.8, 4) is 0 Å². The average molecular weight is 343 g/mol. The number of anilines is 1. The van der Waals surface area contributed by atoms with E-state index < -0.39 is 5.97 Å². The lowest BCUT2D eigenvalue weighted by Crippen LogP contribution is -2.23. The molecule has 2 aromatic rings. The van der Waals surface area contributed by atoms with Crippen LogP contribution in [0.4, 0.5) is 5.82 Å². The second kappa shape index (κ2) is 7.78. The molecule has 0 bridgehead atoms. The van der Waals surface area contributed by atoms with Crippen molar-refractivity contribution in [2.75, 3.05) is 12.4 Å². The van der Waals surface area contributed by atoms with Gasteiger partial charge in [0.25, 0.3) is 0 Å². The molecule has 0 aromatic carbocycles. The molecule has 0 radical (unpaired) electrons. The van der Waals surface area contributed by atoms with Crippen molar-refractivity contribution < 1.29 is 14.3 Å². The fourth-order valence-electron chi connectivity index (χ4n) is 2.84. The number of allylic oxidation sites excluding steroid dienone is 2. The van der Waals surface area contributed by atoms with Crippen LogP contribution in [0.2, 0.25) is 0 Å². The van der Waals surface area contributed by atoms with Crippen LogP contribution in [0, 0.1) is 5.92 Å². The monoisotopic (exact) mass is 343 g/mol. The first-order valence-corrected chi connectivity index (χ1v) is 8.24. The Kier molecular flexibility index (Phi) is 5.27. The molecule has 0 aliphatic heterocycles. The minimum absolute atomic E-state index is 0.00827. The maximum Gasteiger partial charge on any atom is 0.358 e. The van der Waals surface area contributed by atoms with Gasteiger partial charge in [0.2, 0.25) is 5.91 Å². The summed E-state index contributed by atoms with van der Waals surface area (Å²) in [5.74, 6) is 0.442. The number of carbonyl (C=O) groups is 2. The van der Waals surface area contributed by atoms with E-state index in [9.17, 15) is 9.59 Å². The summed E-state index contributed by atoms with van der Waals surface area (Å²) in [5, 5.41) is 11.2. The third-order valence-electron chi connectivity index (χ3n) is 4.13. The molecule has 1 amide bonds. The van der Waals surface area contributed by atoms with Gasteiger partial charge in [-0.2, -0.15) is 10.2 Å². The van der Waals surface area contributed by atoms with Crippen LogP contribution < -0.4 is 5.32 Å². The Morgan fingerprint density at radius 2 is 2.24 bits per heavy atom. The number of carbonyl (C=O) groups excluding carboxylic acids is 2. The number of nitrogens with zero attached hydrogens (tertiary/aromatic N) is 4. The van der Waals surface area contributed by atoms with E-state index in [1.807, 2.05) is 4.68 Å². The molecule has 1 unspecified atom stereocenters. The van der Waals surface area contributed by atoms with E-state index >= 15 is 0 Å². The van der Waals surface area contributed by atoms with Gasteiger partial charge in [0.15, 0.2) is 5.69 Å². The van der Waals surface area contributed by atoms with Crippen molar-refractivity contribution in [3.05, 3.63) is 42.4 Å². The molecule has 0 saturated carbocycles. The number of nitrogens with one attached hydrogen (secondary N) is 1. The first-order chi connectivity index (χ1) is 12.2. The van der Waals surface area contributed by atoms with E-state index in [-0.39, 0.29) is 18.1 Å². The van der Waals surface area contributed by atoms with Gasteiger partial charge in [-0.25, -0.2) is 9.48 Å². The Labute approximate surface area is 145 Å². The quantitative estimate of drug-likeness (QED) is 0.638. The summed E-state index contributed by atoms with van der Waals surface area (Å²) in [6.07, 6.45) is 10.9. The topological polar surface area (TPSA) is 91.0 Å². The molecule has 8 heteroatoms. The van der Waals surface area contributed by atoms with Crippen molar-refractivity contribution in [1.82, 2.24) is 19.6 Å². The Hall–Kier alpha value is -2.90. The van der Waals surface area contributed by atoms with Crippen molar-refractivity contribution in [2.24, 2.45) is 5.92 Å². The standard InChI is InChI=1S/C17H21N5O3/c1-25-17(24)14-8-10-21(20-14)12-16(23)19-15-7-9-18-22(15)11-13-5-3-2-4-6-13/h2-3,7-10,13H,4-6,11-12H2,1H3,(H,19,23). The highest BCUT2D eigenvalue weighted by molar-refractivity contribution is 5.90. The molecule has 25 heavy (non-hydrogen) atoms. The highest BCUT2D eigenvalue weighted by atomic mass is 16.5. The SMILES string of the molecule is COC(=O)c1ccn(CC(=O)Nc2ccnn2CC2CC=CCC2)n1. The van der Waals surface area contributed by atoms with E-state index in [0.29, 0.717) is 11.7 Å². The van der Waals surface area contributed by atoms with Gasteiger partial charge in [0.1, 0.15) is 12.4 Å². The van der Waals surface area contributed by atoms with Crippen molar-refractivity contribution in [2.45, 2.75) is 32.4 Å². The number of ether oxygens (including phenoxy) is 1. The minimum Gasteiger partial charge on any atom is -0.464 e. The van der Waals surface area contributed by atoms with Gasteiger partial charge < -0.3 is 10.1 Å². The molecular formula is C17H21N5O3. The van der Waals surface area contributed by atoms with E-state index in [0.717, 1.165) is 25.8 Å². The highest BCUT2D eigenvalue weighted by Gasteiger charge is 2.15. The Bertz CT molecular complexity index is 777. The van der Waals surface area contributed by atoms with Gasteiger partial charge >= 0.3 is 5.97 Å². The third kappa shape index (κ3) is 4.34. The Morgan fingerprint density at radius 1 is 1.36 bits per heavy atom. The molecular weight excluding hydrogens is 322 g/mol. The lowest BCUT2D eigenvalue weighted by atomic mass is 9.94. The van der Waals surface area contributed by atoms with Crippen LogP contribution in [0.15, 0.2) is 36.7 Å². The van der Waals surface area contributed by atoms with Crippen molar-refractivity contribution in [3.63, 3.8) is 0 Å². The van der Waals surface area contributed by atoms with Gasteiger partial charge in [0, 0.05) is 18.8 Å². The number of hydrogen-bond acceptors (Lipinski definition) is 5. The number of amides is 1. The van der Waals surface area contributed by atoms with E-state index in [1.165, 1.54) is 17.9 Å². The smallest absolute Gasteiger partial charge is 0.358 e. The zero-order chi connectivity index (χ0) is 17.6. The molecule has 0 spiro atoms. The molecule has 1 atom stereocenters. The lowest BCUT2D eigenvalue weighted by molar-refractivity contribution is -0.117. The fraction of sp³-hybridized carbons (Fsp3) is 0.412. The predicted octanol–water partition coefficient (Wildman–Crippen LogP) is 1.86. The Balaban J connectivity index is 1.58. The molecule has 132 valence electrons. The van der Waals surface area contributed by atoms with Gasteiger partial charge in [0.05, 0.1) is 13.3 Å². The molecule has 0 fully saturated rings. The minimum atomic E-state index is -0.529. The maximum atomic E-state index is 12.2. The van der Waals surface area contributed by atoms with E-state index in [2.05, 4.69) is 32.4 Å². The number of rotatable bonds is 6. The molecule has 1 aliphatic rings. The van der Waals surface area contributed by atoms with Crippen LogP contribution in [0.25, 0.3) is 0 Å². The van der Waals surface area contributed by atoms with Crippen LogP contribution in [0.5, 0.6) is 0 Å². The molecule has 2 aromatic heterocycles. The maximum absolute atomic E-state index is 12.2.